The molecule has 3 nitrogen and oxygen atoms in total. The fourth-order valence-electron chi connectivity index (χ4n) is 9.97. The Hall–Kier alpha value is -0.143. The van der Waals surface area contributed by atoms with E-state index in [0.717, 1.165) is 54.1 Å². The molecule has 0 spiro atoms. The Morgan fingerprint density at radius 3 is 1.89 bits per heavy atom. The largest absolute Gasteiger partial charge is 1.00 e. The van der Waals surface area contributed by atoms with Crippen molar-refractivity contribution < 1.29 is 31.5 Å². The molecule has 5 rings (SSSR count). The fraction of sp³-hybridized carbons (Fsp3) is 0.793. The second kappa shape index (κ2) is 12.4. The second-order valence-corrected chi connectivity index (χ2v) is 14.8. The first-order chi connectivity index (χ1) is 16.9. The summed E-state index contributed by atoms with van der Waals surface area (Å²) in [4.78, 5) is 0.280. The standard InChI is InChI=1S/C29H47B2O3S.Li/c1-23-18-20-28(21-19-23)35(32,33)34-22-4-3-17-29(30-24-9-5-10-25(30)12-6-11-24)31(2)26-13-7-14-27(31)16-8-15-26;/h18-21,24-27,29H,3-17,22H2,1-2H3;/q-1;+1. The smallest absolute Gasteiger partial charge is 0.266 e. The first-order valence-electron chi connectivity index (χ1n) is 15.1. The molecule has 0 N–H and O–H groups in total. The van der Waals surface area contributed by atoms with Crippen molar-refractivity contribution in [2.24, 2.45) is 0 Å². The van der Waals surface area contributed by atoms with Crippen molar-refractivity contribution in [1.29, 1.82) is 0 Å². The maximum atomic E-state index is 12.6. The topological polar surface area (TPSA) is 43.4 Å². The quantitative estimate of drug-likeness (QED) is 0.251. The van der Waals surface area contributed by atoms with E-state index in [9.17, 15) is 8.42 Å². The summed E-state index contributed by atoms with van der Waals surface area (Å²) in [5.74, 6) is 3.89. The first-order valence-corrected chi connectivity index (χ1v) is 16.5. The minimum absolute atomic E-state index is 0. The third-order valence-corrected chi connectivity index (χ3v) is 12.9. The summed E-state index contributed by atoms with van der Waals surface area (Å²) in [5.41, 5.74) is 1.94. The van der Waals surface area contributed by atoms with Crippen molar-refractivity contribution in [1.82, 2.24) is 0 Å². The molecule has 1 aromatic carbocycles. The van der Waals surface area contributed by atoms with Crippen molar-refractivity contribution in [3.8, 4) is 0 Å². The summed E-state index contributed by atoms with van der Waals surface area (Å²) in [6, 6.07) is 7.00. The Labute approximate surface area is 234 Å². The summed E-state index contributed by atoms with van der Waals surface area (Å²) in [5, 5.41) is 0. The van der Waals surface area contributed by atoms with Crippen LogP contribution in [0.25, 0.3) is 0 Å². The van der Waals surface area contributed by atoms with Gasteiger partial charge in [0.05, 0.1) is 11.5 Å². The zero-order valence-corrected chi connectivity index (χ0v) is 24.1. The van der Waals surface area contributed by atoms with Gasteiger partial charge in [0.15, 0.2) is 0 Å². The molecule has 0 radical (unpaired) electrons. The van der Waals surface area contributed by atoms with Gasteiger partial charge in [0.1, 0.15) is 6.71 Å². The zero-order chi connectivity index (χ0) is 24.5. The van der Waals surface area contributed by atoms with Crippen LogP contribution in [0.1, 0.15) is 102 Å². The molecule has 4 fully saturated rings. The van der Waals surface area contributed by atoms with E-state index in [1.807, 2.05) is 19.1 Å². The van der Waals surface area contributed by atoms with E-state index in [2.05, 4.69) is 6.82 Å². The summed E-state index contributed by atoms with van der Waals surface area (Å²) in [7, 11) is -3.65. The van der Waals surface area contributed by atoms with E-state index in [1.54, 1.807) is 12.1 Å². The Morgan fingerprint density at radius 1 is 0.861 bits per heavy atom. The monoisotopic (exact) mass is 504 g/mol. The van der Waals surface area contributed by atoms with Gasteiger partial charge in [0, 0.05) is 6.15 Å². The van der Waals surface area contributed by atoms with Crippen molar-refractivity contribution >= 4 is 23.0 Å². The van der Waals surface area contributed by atoms with Crippen LogP contribution in [0.4, 0.5) is 0 Å². The molecule has 4 bridgehead atoms. The van der Waals surface area contributed by atoms with Gasteiger partial charge in [-0.1, -0.05) is 119 Å². The predicted molar refractivity (Wildman–Crippen MR) is 150 cm³/mol. The van der Waals surface area contributed by atoms with Crippen LogP contribution in [0, 0.1) is 6.92 Å². The van der Waals surface area contributed by atoms with Crippen LogP contribution in [0.5, 0.6) is 0 Å². The van der Waals surface area contributed by atoms with Gasteiger partial charge >= 0.3 is 18.9 Å². The Bertz CT molecular complexity index is 910. The molecule has 36 heavy (non-hydrogen) atoms. The van der Waals surface area contributed by atoms with Crippen LogP contribution < -0.4 is 18.9 Å². The molecule has 1 aromatic rings. The van der Waals surface area contributed by atoms with E-state index >= 15 is 0 Å². The molecule has 0 amide bonds. The molecule has 0 saturated carbocycles. The van der Waals surface area contributed by atoms with E-state index < -0.39 is 10.1 Å². The molecule has 0 aromatic heterocycles. The van der Waals surface area contributed by atoms with Crippen LogP contribution in [0.15, 0.2) is 29.2 Å². The Morgan fingerprint density at radius 2 is 1.36 bits per heavy atom. The molecule has 7 heteroatoms. The van der Waals surface area contributed by atoms with Crippen molar-refractivity contribution in [3.05, 3.63) is 29.8 Å². The summed E-state index contributed by atoms with van der Waals surface area (Å²) in [6.45, 7) is 6.01. The van der Waals surface area contributed by atoms with Crippen molar-refractivity contribution in [2.45, 2.75) is 144 Å². The molecular formula is C29H47B2LiO3S. The van der Waals surface area contributed by atoms with E-state index in [1.165, 1.54) is 83.5 Å². The number of aryl methyl sites for hydroxylation is 1. The number of fused-ring (bicyclic) bond motifs is 4. The summed E-state index contributed by atoms with van der Waals surface area (Å²) >= 11 is 0. The van der Waals surface area contributed by atoms with Gasteiger partial charge < -0.3 is 0 Å². The molecule has 4 heterocycles. The predicted octanol–water partition coefficient (Wildman–Crippen LogP) is 5.57. The van der Waals surface area contributed by atoms with Gasteiger partial charge in [0.25, 0.3) is 10.1 Å². The molecule has 1 unspecified atom stereocenters. The van der Waals surface area contributed by atoms with Gasteiger partial charge in [-0.2, -0.15) is 32.6 Å². The third kappa shape index (κ3) is 5.88. The summed E-state index contributed by atoms with van der Waals surface area (Å²) in [6.07, 6.45) is 20.5. The molecule has 0 aliphatic carbocycles. The molecule has 4 aliphatic heterocycles. The van der Waals surface area contributed by atoms with E-state index in [-0.39, 0.29) is 29.9 Å². The van der Waals surface area contributed by atoms with Crippen LogP contribution in [0.3, 0.4) is 0 Å². The average Bonchev–Trinajstić information content (AvgIpc) is 2.81. The van der Waals surface area contributed by atoms with Gasteiger partial charge in [-0.05, 0) is 25.5 Å². The van der Waals surface area contributed by atoms with E-state index in [0.29, 0.717) is 6.61 Å². The van der Waals surface area contributed by atoms with Crippen LogP contribution >= 0.6 is 0 Å². The number of unbranched alkanes of at least 4 members (excludes halogenated alkanes) is 1. The zero-order valence-electron chi connectivity index (χ0n) is 23.3. The van der Waals surface area contributed by atoms with E-state index in [4.69, 9.17) is 4.18 Å². The molecule has 4 aliphatic rings. The second-order valence-electron chi connectivity index (χ2n) is 13.2. The number of hydrogen-bond donors (Lipinski definition) is 0. The average molecular weight is 504 g/mol. The third-order valence-electron chi connectivity index (χ3n) is 11.6. The molecule has 4 saturated heterocycles. The van der Waals surface area contributed by atoms with Gasteiger partial charge in [0.2, 0.25) is 0 Å². The molecular weight excluding hydrogens is 457 g/mol. The van der Waals surface area contributed by atoms with Gasteiger partial charge in [-0.25, -0.2) is 0 Å². The summed E-state index contributed by atoms with van der Waals surface area (Å²) < 4.78 is 30.7. The maximum absolute atomic E-state index is 12.6. The molecule has 194 valence electrons. The number of benzene rings is 1. The maximum Gasteiger partial charge on any atom is 1.00 e. The van der Waals surface area contributed by atoms with Crippen LogP contribution in [-0.4, -0.2) is 27.9 Å². The minimum Gasteiger partial charge on any atom is -0.266 e. The van der Waals surface area contributed by atoms with Crippen molar-refractivity contribution in [2.75, 3.05) is 6.61 Å². The fourth-order valence-corrected chi connectivity index (χ4v) is 10.9. The Balaban J connectivity index is 0.00000304. The minimum atomic E-state index is -3.65. The number of hydrogen-bond acceptors (Lipinski definition) is 3. The van der Waals surface area contributed by atoms with Gasteiger partial charge in [-0.3, -0.25) is 4.18 Å². The van der Waals surface area contributed by atoms with Gasteiger partial charge in [-0.15, -0.1) is 0 Å². The molecule has 1 atom stereocenters. The van der Waals surface area contributed by atoms with Crippen LogP contribution in [-0.2, 0) is 14.3 Å². The number of rotatable bonds is 9. The SMILES string of the molecule is Cc1ccc(S(=O)(=O)OCCCCC(B2C3CCCC2CCC3)[B-]2(C)C3CCCC2CCC3)cc1.[Li+]. The van der Waals surface area contributed by atoms with Crippen LogP contribution in [0.2, 0.25) is 35.8 Å². The van der Waals surface area contributed by atoms with Crippen molar-refractivity contribution in [3.63, 3.8) is 0 Å². The Kier molecular flexibility index (Phi) is 9.91. The first kappa shape index (κ1) is 28.9. The normalized spacial score (nSPS) is 33.0.